The molecular formula is C12H7BrFNO3. The van der Waals surface area contributed by atoms with Crippen molar-refractivity contribution in [2.24, 2.45) is 0 Å². The largest absolute Gasteiger partial charge is 0.478 e. The molecule has 0 fully saturated rings. The number of halogens is 2. The minimum atomic E-state index is -1.18. The molecule has 0 aliphatic heterocycles. The fourth-order valence-corrected chi connectivity index (χ4v) is 1.81. The van der Waals surface area contributed by atoms with Gasteiger partial charge in [-0.2, -0.15) is 0 Å². The molecule has 2 aromatic rings. The van der Waals surface area contributed by atoms with Crippen LogP contribution in [0, 0.1) is 5.82 Å². The molecule has 0 aliphatic rings. The maximum Gasteiger partial charge on any atom is 0.337 e. The molecule has 0 atom stereocenters. The number of pyridine rings is 1. The summed E-state index contributed by atoms with van der Waals surface area (Å²) in [7, 11) is 0. The summed E-state index contributed by atoms with van der Waals surface area (Å²) in [6.45, 7) is 0. The maximum atomic E-state index is 13.7. The van der Waals surface area contributed by atoms with Crippen LogP contribution >= 0.6 is 15.9 Å². The van der Waals surface area contributed by atoms with Crippen LogP contribution in [-0.4, -0.2) is 15.6 Å². The molecule has 1 heterocycles. The van der Waals surface area contributed by atoms with E-state index in [1.165, 1.54) is 18.2 Å². The summed E-state index contributed by atoms with van der Waals surface area (Å²) in [5.74, 6) is -1.80. The third-order valence-corrected chi connectivity index (χ3v) is 2.82. The van der Waals surface area contributed by atoms with Crippen LogP contribution in [-0.2, 0) is 0 Å². The highest BCUT2D eigenvalue weighted by Gasteiger charge is 2.10. The van der Waals surface area contributed by atoms with Crippen molar-refractivity contribution in [1.29, 1.82) is 0 Å². The number of carboxylic acids is 1. The van der Waals surface area contributed by atoms with Crippen molar-refractivity contribution in [3.63, 3.8) is 0 Å². The van der Waals surface area contributed by atoms with Crippen LogP contribution in [0.4, 0.5) is 4.39 Å². The van der Waals surface area contributed by atoms with Gasteiger partial charge in [0, 0.05) is 16.7 Å². The molecule has 18 heavy (non-hydrogen) atoms. The van der Waals surface area contributed by atoms with Crippen LogP contribution in [0.2, 0.25) is 0 Å². The van der Waals surface area contributed by atoms with Crippen LogP contribution in [0.25, 0.3) is 5.69 Å². The number of carboxylic acid groups (broad SMARTS) is 1. The standard InChI is InChI=1S/C12H7BrFNO3/c13-8-2-3-10(9(14)5-8)15-6-7(12(17)18)1-4-11(15)16/h1-6H,(H,17,18). The van der Waals surface area contributed by atoms with E-state index in [4.69, 9.17) is 5.11 Å². The van der Waals surface area contributed by atoms with E-state index in [-0.39, 0.29) is 11.3 Å². The lowest BCUT2D eigenvalue weighted by atomic mass is 10.2. The molecule has 2 rings (SSSR count). The average Bonchev–Trinajstić information content (AvgIpc) is 2.30. The Labute approximate surface area is 109 Å². The van der Waals surface area contributed by atoms with Crippen molar-refractivity contribution in [3.8, 4) is 5.69 Å². The highest BCUT2D eigenvalue weighted by atomic mass is 79.9. The predicted molar refractivity (Wildman–Crippen MR) is 66.7 cm³/mol. The van der Waals surface area contributed by atoms with Gasteiger partial charge in [0.1, 0.15) is 5.82 Å². The van der Waals surface area contributed by atoms with E-state index in [0.717, 1.165) is 16.8 Å². The molecule has 0 aliphatic carbocycles. The molecule has 0 saturated heterocycles. The first-order chi connectivity index (χ1) is 8.49. The molecule has 0 saturated carbocycles. The van der Waals surface area contributed by atoms with Crippen molar-refractivity contribution < 1.29 is 14.3 Å². The SMILES string of the molecule is O=C(O)c1ccc(=O)n(-c2ccc(Br)cc2F)c1. The second-order valence-electron chi connectivity index (χ2n) is 3.53. The topological polar surface area (TPSA) is 59.3 Å². The van der Waals surface area contributed by atoms with Gasteiger partial charge in [0.15, 0.2) is 0 Å². The van der Waals surface area contributed by atoms with E-state index in [0.29, 0.717) is 4.47 Å². The summed E-state index contributed by atoms with van der Waals surface area (Å²) < 4.78 is 15.2. The number of aromatic carboxylic acids is 1. The predicted octanol–water partition coefficient (Wildman–Crippen LogP) is 2.44. The minimum absolute atomic E-state index is 0.00583. The van der Waals surface area contributed by atoms with Gasteiger partial charge in [-0.25, -0.2) is 9.18 Å². The van der Waals surface area contributed by atoms with E-state index in [1.807, 2.05) is 0 Å². The summed E-state index contributed by atoms with van der Waals surface area (Å²) in [4.78, 5) is 22.4. The zero-order valence-corrected chi connectivity index (χ0v) is 10.5. The molecule has 4 nitrogen and oxygen atoms in total. The van der Waals surface area contributed by atoms with E-state index in [9.17, 15) is 14.0 Å². The summed E-state index contributed by atoms with van der Waals surface area (Å²) >= 11 is 3.10. The van der Waals surface area contributed by atoms with Gasteiger partial charge in [-0.3, -0.25) is 9.36 Å². The molecule has 0 radical (unpaired) electrons. The highest BCUT2D eigenvalue weighted by molar-refractivity contribution is 9.10. The van der Waals surface area contributed by atoms with E-state index in [1.54, 1.807) is 6.07 Å². The van der Waals surface area contributed by atoms with Crippen molar-refractivity contribution in [2.75, 3.05) is 0 Å². The molecule has 92 valence electrons. The lowest BCUT2D eigenvalue weighted by Crippen LogP contribution is -2.19. The fourth-order valence-electron chi connectivity index (χ4n) is 1.48. The second kappa shape index (κ2) is 4.73. The Balaban J connectivity index is 2.66. The van der Waals surface area contributed by atoms with E-state index < -0.39 is 17.3 Å². The number of carbonyl (C=O) groups is 1. The number of benzene rings is 1. The Hall–Kier alpha value is -1.95. The molecule has 1 aromatic carbocycles. The van der Waals surface area contributed by atoms with Crippen LogP contribution < -0.4 is 5.56 Å². The number of rotatable bonds is 2. The van der Waals surface area contributed by atoms with E-state index in [2.05, 4.69) is 15.9 Å². The van der Waals surface area contributed by atoms with Crippen molar-refractivity contribution in [2.45, 2.75) is 0 Å². The van der Waals surface area contributed by atoms with Crippen LogP contribution in [0.15, 0.2) is 45.8 Å². The first kappa shape index (κ1) is 12.5. The first-order valence-electron chi connectivity index (χ1n) is 4.90. The Morgan fingerprint density at radius 1 is 1.28 bits per heavy atom. The Morgan fingerprint density at radius 2 is 2.00 bits per heavy atom. The summed E-state index contributed by atoms with van der Waals surface area (Å²) in [5.41, 5.74) is -0.579. The molecular weight excluding hydrogens is 305 g/mol. The monoisotopic (exact) mass is 311 g/mol. The molecule has 6 heteroatoms. The zero-order valence-electron chi connectivity index (χ0n) is 8.93. The normalized spacial score (nSPS) is 10.3. The maximum absolute atomic E-state index is 13.7. The lowest BCUT2D eigenvalue weighted by molar-refractivity contribution is 0.0696. The van der Waals surface area contributed by atoms with Gasteiger partial charge in [-0.1, -0.05) is 15.9 Å². The number of aromatic nitrogens is 1. The van der Waals surface area contributed by atoms with Gasteiger partial charge < -0.3 is 5.11 Å². The van der Waals surface area contributed by atoms with Crippen molar-refractivity contribution >= 4 is 21.9 Å². The van der Waals surface area contributed by atoms with Gasteiger partial charge in [-0.05, 0) is 24.3 Å². The Bertz CT molecular complexity index is 681. The molecule has 0 spiro atoms. The lowest BCUT2D eigenvalue weighted by Gasteiger charge is -2.07. The van der Waals surface area contributed by atoms with Crippen LogP contribution in [0.1, 0.15) is 10.4 Å². The molecule has 1 N–H and O–H groups in total. The number of hydrogen-bond acceptors (Lipinski definition) is 2. The molecule has 0 unspecified atom stereocenters. The van der Waals surface area contributed by atoms with Gasteiger partial charge in [-0.15, -0.1) is 0 Å². The minimum Gasteiger partial charge on any atom is -0.478 e. The Kier molecular flexibility index (Phi) is 3.29. The number of nitrogens with zero attached hydrogens (tertiary/aromatic N) is 1. The quantitative estimate of drug-likeness (QED) is 0.926. The summed E-state index contributed by atoms with van der Waals surface area (Å²) in [6.07, 6.45) is 1.09. The third kappa shape index (κ3) is 2.33. The molecule has 0 bridgehead atoms. The summed E-state index contributed by atoms with van der Waals surface area (Å²) in [5, 5.41) is 8.84. The molecule has 0 amide bonds. The van der Waals surface area contributed by atoms with Gasteiger partial charge >= 0.3 is 5.97 Å². The summed E-state index contributed by atoms with van der Waals surface area (Å²) in [6, 6.07) is 6.43. The van der Waals surface area contributed by atoms with Crippen molar-refractivity contribution in [3.05, 3.63) is 62.7 Å². The third-order valence-electron chi connectivity index (χ3n) is 2.33. The zero-order chi connectivity index (χ0) is 13.3. The van der Waals surface area contributed by atoms with Crippen LogP contribution in [0.3, 0.4) is 0 Å². The first-order valence-corrected chi connectivity index (χ1v) is 5.70. The van der Waals surface area contributed by atoms with E-state index >= 15 is 0 Å². The second-order valence-corrected chi connectivity index (χ2v) is 4.44. The van der Waals surface area contributed by atoms with Crippen LogP contribution in [0.5, 0.6) is 0 Å². The average molecular weight is 312 g/mol. The molecule has 1 aromatic heterocycles. The van der Waals surface area contributed by atoms with Gasteiger partial charge in [0.25, 0.3) is 5.56 Å². The van der Waals surface area contributed by atoms with Gasteiger partial charge in [0.05, 0.1) is 11.3 Å². The Morgan fingerprint density at radius 3 is 2.61 bits per heavy atom. The smallest absolute Gasteiger partial charge is 0.337 e. The van der Waals surface area contributed by atoms with Gasteiger partial charge in [0.2, 0.25) is 0 Å². The highest BCUT2D eigenvalue weighted by Crippen LogP contribution is 2.17. The number of hydrogen-bond donors (Lipinski definition) is 1. The van der Waals surface area contributed by atoms with Crippen molar-refractivity contribution in [1.82, 2.24) is 4.57 Å². The fraction of sp³-hybridized carbons (Fsp3) is 0.